The van der Waals surface area contributed by atoms with Crippen LogP contribution in [0.3, 0.4) is 0 Å². The number of ether oxygens (including phenoxy) is 2. The summed E-state index contributed by atoms with van der Waals surface area (Å²) in [4.78, 5) is 47.1. The summed E-state index contributed by atoms with van der Waals surface area (Å²) in [5, 5.41) is 2.04. The van der Waals surface area contributed by atoms with Crippen molar-refractivity contribution < 1.29 is 28.7 Å². The number of hydrogen-bond acceptors (Lipinski definition) is 6. The molecule has 0 aliphatic heterocycles. The Balaban J connectivity index is 0. The first kappa shape index (κ1) is 38.5. The number of carbonyl (C=O) groups excluding carboxylic acids is 4. The van der Waals surface area contributed by atoms with E-state index in [1.165, 1.54) is 52.7 Å². The molecule has 3 amide bonds. The van der Waals surface area contributed by atoms with Gasteiger partial charge < -0.3 is 15.2 Å². The molecule has 0 fully saturated rings. The number of nitrogens with two attached hydrogens (primary N) is 1. The van der Waals surface area contributed by atoms with Gasteiger partial charge in [0.05, 0.1) is 25.0 Å². The molecule has 0 aliphatic rings. The Hall–Kier alpha value is -1.64. The van der Waals surface area contributed by atoms with Gasteiger partial charge in [0.1, 0.15) is 4.32 Å². The van der Waals surface area contributed by atoms with Gasteiger partial charge in [0.25, 0.3) is 0 Å². The van der Waals surface area contributed by atoms with Crippen molar-refractivity contribution in [2.24, 2.45) is 16.6 Å². The number of primary amides is 1. The van der Waals surface area contributed by atoms with Crippen LogP contribution in [0.25, 0.3) is 0 Å². The lowest BCUT2D eigenvalue weighted by Crippen LogP contribution is -2.50. The lowest BCUT2D eigenvalue weighted by molar-refractivity contribution is -0.177. The average molecular weight is 608 g/mol. The maximum absolute atomic E-state index is 12.7. The largest absolute Gasteiger partial charge is 0.469 e. The van der Waals surface area contributed by atoms with Crippen molar-refractivity contribution in [2.45, 2.75) is 136 Å². The smallest absolute Gasteiger partial charge is 0.318 e. The molecule has 0 aromatic rings. The van der Waals surface area contributed by atoms with Crippen LogP contribution in [0.5, 0.6) is 0 Å². The van der Waals surface area contributed by atoms with Gasteiger partial charge in [-0.3, -0.25) is 19.7 Å². The van der Waals surface area contributed by atoms with E-state index in [-0.39, 0.29) is 17.8 Å². The molecule has 0 aromatic carbocycles. The van der Waals surface area contributed by atoms with Crippen LogP contribution in [-0.4, -0.2) is 42.4 Å². The summed E-state index contributed by atoms with van der Waals surface area (Å²) in [6.07, 6.45) is 13.7. The minimum absolute atomic E-state index is 0.297. The summed E-state index contributed by atoms with van der Waals surface area (Å²) in [5.41, 5.74) is 3.10. The van der Waals surface area contributed by atoms with Crippen molar-refractivity contribution in [3.05, 3.63) is 0 Å². The summed E-state index contributed by atoms with van der Waals surface area (Å²) in [7, 11) is 2.83. The quantitative estimate of drug-likeness (QED) is 0.0965. The predicted molar refractivity (Wildman–Crippen MR) is 157 cm³/mol. The van der Waals surface area contributed by atoms with Gasteiger partial charge in [-0.2, -0.15) is 0 Å². The highest BCUT2D eigenvalue weighted by atomic mass is 79.9. The molecule has 0 saturated carbocycles. The van der Waals surface area contributed by atoms with Crippen LogP contribution in [-0.2, 0) is 23.9 Å². The molecular weight excluding hydrogens is 552 g/mol. The highest BCUT2D eigenvalue weighted by Gasteiger charge is 2.55. The molecular formula is C29H55BrN2O6. The summed E-state index contributed by atoms with van der Waals surface area (Å²) in [6, 6.07) is -0.814. The fraction of sp³-hybridized carbons (Fsp3) is 0.862. The normalized spacial score (nSPS) is 14.2. The molecule has 0 aromatic heterocycles. The second kappa shape index (κ2) is 20.3. The zero-order chi connectivity index (χ0) is 29.8. The van der Waals surface area contributed by atoms with Crippen LogP contribution in [0.1, 0.15) is 131 Å². The summed E-state index contributed by atoms with van der Waals surface area (Å²) in [5.74, 6) is -0.969. The molecule has 0 radical (unpaired) electrons. The molecule has 0 saturated heterocycles. The van der Waals surface area contributed by atoms with E-state index in [0.717, 1.165) is 25.7 Å². The fourth-order valence-electron chi connectivity index (χ4n) is 4.62. The van der Waals surface area contributed by atoms with Gasteiger partial charge in [-0.05, 0) is 39.5 Å². The molecule has 0 bridgehead atoms. The minimum Gasteiger partial charge on any atom is -0.469 e. The van der Waals surface area contributed by atoms with Crippen LogP contribution in [0.15, 0.2) is 0 Å². The van der Waals surface area contributed by atoms with Gasteiger partial charge in [0.2, 0.25) is 5.91 Å². The molecule has 38 heavy (non-hydrogen) atoms. The summed E-state index contributed by atoms with van der Waals surface area (Å²) >= 11 is 3.26. The molecule has 224 valence electrons. The van der Waals surface area contributed by atoms with E-state index in [1.54, 1.807) is 0 Å². The number of halogens is 1. The number of amides is 3. The zero-order valence-corrected chi connectivity index (χ0v) is 26.9. The van der Waals surface area contributed by atoms with Crippen molar-refractivity contribution in [1.29, 1.82) is 0 Å². The predicted octanol–water partition coefficient (Wildman–Crippen LogP) is 7.20. The van der Waals surface area contributed by atoms with Gasteiger partial charge in [0, 0.05) is 0 Å². The minimum atomic E-state index is -0.855. The van der Waals surface area contributed by atoms with E-state index >= 15 is 0 Å². The number of imide groups is 1. The number of methoxy groups -OCH3 is 2. The highest BCUT2D eigenvalue weighted by Crippen LogP contribution is 2.48. The molecule has 2 atom stereocenters. The first-order valence-electron chi connectivity index (χ1n) is 14.3. The molecule has 8 nitrogen and oxygen atoms in total. The van der Waals surface area contributed by atoms with E-state index in [1.807, 2.05) is 33.0 Å². The molecule has 0 aliphatic carbocycles. The van der Waals surface area contributed by atoms with E-state index in [2.05, 4.69) is 29.8 Å². The lowest BCUT2D eigenvalue weighted by Gasteiger charge is -2.42. The lowest BCUT2D eigenvalue weighted by atomic mass is 9.60. The number of nitrogens with one attached hydrogen (secondary N) is 1. The first-order chi connectivity index (χ1) is 17.8. The Kier molecular flexibility index (Phi) is 20.6. The van der Waals surface area contributed by atoms with Gasteiger partial charge in [-0.15, -0.1) is 0 Å². The summed E-state index contributed by atoms with van der Waals surface area (Å²) in [6.45, 7) is 11.9. The summed E-state index contributed by atoms with van der Waals surface area (Å²) < 4.78 is 9.60. The Morgan fingerprint density at radius 1 is 0.684 bits per heavy atom. The highest BCUT2D eigenvalue weighted by molar-refractivity contribution is 9.10. The van der Waals surface area contributed by atoms with Gasteiger partial charge in [0.15, 0.2) is 0 Å². The second-order valence-electron chi connectivity index (χ2n) is 10.5. The number of unbranched alkanes of at least 4 members (excludes halogenated alkanes) is 8. The molecule has 9 heteroatoms. The zero-order valence-electron chi connectivity index (χ0n) is 25.3. The number of urea groups is 1. The van der Waals surface area contributed by atoms with Crippen molar-refractivity contribution in [2.75, 3.05) is 14.2 Å². The number of carbonyl (C=O) groups is 4. The van der Waals surface area contributed by atoms with Gasteiger partial charge in [-0.1, -0.05) is 108 Å². The average Bonchev–Trinajstić information content (AvgIpc) is 2.90. The molecule has 3 N–H and O–H groups in total. The van der Waals surface area contributed by atoms with Crippen LogP contribution in [0.2, 0.25) is 0 Å². The fourth-order valence-corrected chi connectivity index (χ4v) is 4.72. The van der Waals surface area contributed by atoms with Crippen LogP contribution < -0.4 is 11.1 Å². The van der Waals surface area contributed by atoms with E-state index in [4.69, 9.17) is 15.2 Å². The third-order valence-corrected chi connectivity index (χ3v) is 9.30. The number of hydrogen-bond donors (Lipinski definition) is 2. The van der Waals surface area contributed by atoms with E-state index in [9.17, 15) is 19.2 Å². The first-order valence-corrected chi connectivity index (χ1v) is 15.1. The van der Waals surface area contributed by atoms with Crippen LogP contribution in [0.4, 0.5) is 4.79 Å². The number of rotatable bonds is 18. The van der Waals surface area contributed by atoms with Crippen LogP contribution in [0, 0.1) is 10.8 Å². The van der Waals surface area contributed by atoms with Gasteiger partial charge in [-0.25, -0.2) is 4.79 Å². The molecule has 2 unspecified atom stereocenters. The monoisotopic (exact) mass is 606 g/mol. The topological polar surface area (TPSA) is 125 Å². The van der Waals surface area contributed by atoms with E-state index in [0.29, 0.717) is 25.7 Å². The van der Waals surface area contributed by atoms with Crippen molar-refractivity contribution in [1.82, 2.24) is 5.32 Å². The van der Waals surface area contributed by atoms with Crippen molar-refractivity contribution in [3.63, 3.8) is 0 Å². The molecule has 0 heterocycles. The van der Waals surface area contributed by atoms with Crippen LogP contribution >= 0.6 is 15.9 Å². The van der Waals surface area contributed by atoms with Crippen molar-refractivity contribution >= 4 is 39.8 Å². The Bertz CT molecular complexity index is 675. The Morgan fingerprint density at radius 3 is 1.29 bits per heavy atom. The third-order valence-electron chi connectivity index (χ3n) is 7.81. The van der Waals surface area contributed by atoms with Gasteiger partial charge >= 0.3 is 18.0 Å². The molecule has 0 rings (SSSR count). The maximum atomic E-state index is 12.7. The second-order valence-corrected chi connectivity index (χ2v) is 12.0. The third kappa shape index (κ3) is 12.5. The Morgan fingerprint density at radius 2 is 1.03 bits per heavy atom. The Labute approximate surface area is 240 Å². The standard InChI is InChI=1S/C22H42O4.C7H13BrN2O2/c1-7-9-11-13-15-17-21(3,19(23)25-5)22(4,20(24)26-6)18-16-14-12-10-8-2;1-3-7(8,4-2)5(11)10-6(9)12/h7-18H2,1-6H3;3-4H2,1-2H3,(H3,9,10,11,12). The number of esters is 2. The van der Waals surface area contributed by atoms with E-state index < -0.39 is 21.2 Å². The number of alkyl halides is 1. The molecule has 0 spiro atoms. The SMILES string of the molecule is CCC(Br)(CC)C(=O)NC(N)=O.CCCCCCCC(C)(C(=O)OC)C(C)(CCCCCCC)C(=O)OC. The van der Waals surface area contributed by atoms with Crippen molar-refractivity contribution in [3.8, 4) is 0 Å². The maximum Gasteiger partial charge on any atom is 0.318 e.